The van der Waals surface area contributed by atoms with Crippen LogP contribution in [-0.4, -0.2) is 20.9 Å². The average molecular weight is 433 g/mol. The van der Waals surface area contributed by atoms with Crippen LogP contribution in [0, 0.1) is 5.82 Å². The van der Waals surface area contributed by atoms with Crippen molar-refractivity contribution < 1.29 is 17.6 Å². The summed E-state index contributed by atoms with van der Waals surface area (Å²) in [4.78, 5) is 12.0. The monoisotopic (exact) mass is 432 g/mol. The van der Waals surface area contributed by atoms with Gasteiger partial charge in [0.25, 0.3) is 5.91 Å². The summed E-state index contributed by atoms with van der Waals surface area (Å²) in [5, 5.41) is 2.63. The first-order chi connectivity index (χ1) is 13.9. The first-order valence-electron chi connectivity index (χ1n) is 8.76. The molecular formula is C21H18ClFN2O3S. The Morgan fingerprint density at radius 2 is 1.66 bits per heavy atom. The fourth-order valence-corrected chi connectivity index (χ4v) is 3.92. The normalized spacial score (nSPS) is 11.2. The second-order valence-electron chi connectivity index (χ2n) is 6.21. The van der Waals surface area contributed by atoms with Crippen LogP contribution in [0.3, 0.4) is 0 Å². The van der Waals surface area contributed by atoms with Gasteiger partial charge in [-0.15, -0.1) is 0 Å². The van der Waals surface area contributed by atoms with E-state index in [9.17, 15) is 17.6 Å². The Morgan fingerprint density at radius 1 is 0.966 bits per heavy atom. The molecule has 0 atom stereocenters. The molecule has 0 saturated carbocycles. The predicted molar refractivity (Wildman–Crippen MR) is 111 cm³/mol. The van der Waals surface area contributed by atoms with Crippen LogP contribution in [0.25, 0.3) is 0 Å². The van der Waals surface area contributed by atoms with Crippen molar-refractivity contribution in [3.05, 3.63) is 94.8 Å². The fourth-order valence-electron chi connectivity index (χ4n) is 2.66. The highest BCUT2D eigenvalue weighted by Gasteiger charge is 2.18. The third-order valence-corrected chi connectivity index (χ3v) is 5.95. The van der Waals surface area contributed by atoms with Gasteiger partial charge in [-0.25, -0.2) is 17.5 Å². The molecule has 1 amide bonds. The summed E-state index contributed by atoms with van der Waals surface area (Å²) < 4.78 is 41.6. The first kappa shape index (κ1) is 21.0. The van der Waals surface area contributed by atoms with E-state index >= 15 is 0 Å². The molecule has 0 aliphatic heterocycles. The number of sulfonamides is 1. The van der Waals surface area contributed by atoms with Crippen molar-refractivity contribution in [2.24, 2.45) is 0 Å². The minimum Gasteiger partial charge on any atom is -0.319 e. The highest BCUT2D eigenvalue weighted by molar-refractivity contribution is 7.89. The van der Waals surface area contributed by atoms with E-state index in [0.29, 0.717) is 6.42 Å². The Bertz CT molecular complexity index is 1120. The summed E-state index contributed by atoms with van der Waals surface area (Å²) in [6, 6.07) is 19.1. The molecule has 0 heterocycles. The Hall–Kier alpha value is -2.74. The molecule has 0 spiro atoms. The number of nitrogens with one attached hydrogen (secondary N) is 2. The lowest BCUT2D eigenvalue weighted by molar-refractivity contribution is 0.102. The van der Waals surface area contributed by atoms with Gasteiger partial charge in [-0.05, 0) is 42.3 Å². The number of benzene rings is 3. The number of rotatable bonds is 7. The van der Waals surface area contributed by atoms with Crippen LogP contribution in [0.5, 0.6) is 0 Å². The molecule has 0 aliphatic rings. The topological polar surface area (TPSA) is 75.3 Å². The zero-order valence-corrected chi connectivity index (χ0v) is 16.8. The van der Waals surface area contributed by atoms with E-state index < -0.39 is 21.7 Å². The van der Waals surface area contributed by atoms with Crippen molar-refractivity contribution in [2.45, 2.75) is 11.3 Å². The van der Waals surface area contributed by atoms with Crippen LogP contribution >= 0.6 is 11.6 Å². The van der Waals surface area contributed by atoms with Crippen molar-refractivity contribution in [3.63, 3.8) is 0 Å². The standard InChI is InChI=1S/C21H18ClFN2O3S/c22-18-9-5-4-8-17(18)21(26)25-20-11-10-16(14-19(20)23)29(27,28)24-13-12-15-6-2-1-3-7-15/h1-11,14,24H,12-13H2,(H,25,26). The smallest absolute Gasteiger partial charge is 0.257 e. The van der Waals surface area contributed by atoms with E-state index in [-0.39, 0.29) is 27.7 Å². The minimum atomic E-state index is -3.88. The fraction of sp³-hybridized carbons (Fsp3) is 0.0952. The van der Waals surface area contributed by atoms with Gasteiger partial charge >= 0.3 is 0 Å². The maximum absolute atomic E-state index is 14.4. The van der Waals surface area contributed by atoms with E-state index in [4.69, 9.17) is 11.6 Å². The molecule has 0 aromatic heterocycles. The molecule has 3 aromatic carbocycles. The lowest BCUT2D eigenvalue weighted by atomic mass is 10.2. The minimum absolute atomic E-state index is 0.141. The largest absolute Gasteiger partial charge is 0.319 e. The number of hydrogen-bond acceptors (Lipinski definition) is 3. The van der Waals surface area contributed by atoms with Crippen molar-refractivity contribution in [1.82, 2.24) is 4.72 Å². The number of halogens is 2. The van der Waals surface area contributed by atoms with E-state index in [1.165, 1.54) is 18.2 Å². The van der Waals surface area contributed by atoms with Gasteiger partial charge in [-0.3, -0.25) is 4.79 Å². The van der Waals surface area contributed by atoms with Gasteiger partial charge < -0.3 is 5.32 Å². The van der Waals surface area contributed by atoms with Crippen LogP contribution in [-0.2, 0) is 16.4 Å². The SMILES string of the molecule is O=C(Nc1ccc(S(=O)(=O)NCCc2ccccc2)cc1F)c1ccccc1Cl. The zero-order chi connectivity index (χ0) is 20.9. The summed E-state index contributed by atoms with van der Waals surface area (Å²) in [7, 11) is -3.88. The molecular weight excluding hydrogens is 415 g/mol. The van der Waals surface area contributed by atoms with Gasteiger partial charge in [0.05, 0.1) is 21.2 Å². The van der Waals surface area contributed by atoms with Crippen molar-refractivity contribution >= 4 is 33.2 Å². The lowest BCUT2D eigenvalue weighted by Gasteiger charge is -2.10. The van der Waals surface area contributed by atoms with E-state index in [1.807, 2.05) is 30.3 Å². The van der Waals surface area contributed by atoms with Gasteiger partial charge in [-0.2, -0.15) is 0 Å². The Labute approximate surface area is 173 Å². The third kappa shape index (κ3) is 5.41. The van der Waals surface area contributed by atoms with Gasteiger partial charge in [-0.1, -0.05) is 54.1 Å². The Balaban J connectivity index is 1.68. The van der Waals surface area contributed by atoms with Gasteiger partial charge in [0.2, 0.25) is 10.0 Å². The number of carbonyl (C=O) groups is 1. The van der Waals surface area contributed by atoms with Crippen LogP contribution in [0.2, 0.25) is 5.02 Å². The molecule has 0 radical (unpaired) electrons. The molecule has 0 bridgehead atoms. The van der Waals surface area contributed by atoms with Crippen LogP contribution in [0.1, 0.15) is 15.9 Å². The van der Waals surface area contributed by atoms with Crippen LogP contribution in [0.15, 0.2) is 77.7 Å². The quantitative estimate of drug-likeness (QED) is 0.586. The third-order valence-electron chi connectivity index (χ3n) is 4.17. The maximum Gasteiger partial charge on any atom is 0.257 e. The van der Waals surface area contributed by atoms with Gasteiger partial charge in [0.15, 0.2) is 0 Å². The highest BCUT2D eigenvalue weighted by atomic mass is 35.5. The second-order valence-corrected chi connectivity index (χ2v) is 8.38. The molecule has 0 aliphatic carbocycles. The molecule has 8 heteroatoms. The van der Waals surface area contributed by atoms with Gasteiger partial charge in [0, 0.05) is 6.54 Å². The van der Waals surface area contributed by atoms with Crippen molar-refractivity contribution in [2.75, 3.05) is 11.9 Å². The predicted octanol–water partition coefficient (Wildman–Crippen LogP) is 4.25. The Kier molecular flexibility index (Phi) is 6.64. The number of carbonyl (C=O) groups excluding carboxylic acids is 1. The zero-order valence-electron chi connectivity index (χ0n) is 15.2. The molecule has 5 nitrogen and oxygen atoms in total. The summed E-state index contributed by atoms with van der Waals surface area (Å²) in [6.45, 7) is 0.180. The Morgan fingerprint density at radius 3 is 2.34 bits per heavy atom. The highest BCUT2D eigenvalue weighted by Crippen LogP contribution is 2.21. The summed E-state index contributed by atoms with van der Waals surface area (Å²) in [5.41, 5.74) is 1.03. The van der Waals surface area contributed by atoms with E-state index in [0.717, 1.165) is 11.6 Å². The summed E-state index contributed by atoms with van der Waals surface area (Å²) in [6.07, 6.45) is 0.508. The molecule has 0 fully saturated rings. The van der Waals surface area contributed by atoms with E-state index in [1.54, 1.807) is 18.2 Å². The number of amides is 1. The maximum atomic E-state index is 14.4. The van der Waals surface area contributed by atoms with Gasteiger partial charge in [0.1, 0.15) is 5.82 Å². The molecule has 3 rings (SSSR count). The summed E-state index contributed by atoms with van der Waals surface area (Å²) in [5.74, 6) is -1.46. The lowest BCUT2D eigenvalue weighted by Crippen LogP contribution is -2.26. The molecule has 2 N–H and O–H groups in total. The molecule has 150 valence electrons. The van der Waals surface area contributed by atoms with Crippen molar-refractivity contribution in [1.29, 1.82) is 0 Å². The molecule has 0 saturated heterocycles. The van der Waals surface area contributed by atoms with Crippen LogP contribution < -0.4 is 10.0 Å². The molecule has 3 aromatic rings. The van der Waals surface area contributed by atoms with Crippen molar-refractivity contribution in [3.8, 4) is 0 Å². The molecule has 29 heavy (non-hydrogen) atoms. The number of anilines is 1. The number of hydrogen-bond donors (Lipinski definition) is 2. The molecule has 0 unspecified atom stereocenters. The second kappa shape index (κ2) is 9.17. The first-order valence-corrected chi connectivity index (χ1v) is 10.6. The van der Waals surface area contributed by atoms with E-state index in [2.05, 4.69) is 10.0 Å². The van der Waals surface area contributed by atoms with Crippen LogP contribution in [0.4, 0.5) is 10.1 Å². The summed E-state index contributed by atoms with van der Waals surface area (Å²) >= 11 is 5.96. The average Bonchev–Trinajstić information content (AvgIpc) is 2.70.